The molecule has 1 aliphatic heterocycles. The molecule has 0 radical (unpaired) electrons. The Labute approximate surface area is 147 Å². The van der Waals surface area contributed by atoms with Gasteiger partial charge in [0.1, 0.15) is 0 Å². The van der Waals surface area contributed by atoms with E-state index in [1.54, 1.807) is 36.4 Å². The van der Waals surface area contributed by atoms with Crippen LogP contribution in [-0.4, -0.2) is 22.8 Å². The molecule has 0 fully saturated rings. The summed E-state index contributed by atoms with van der Waals surface area (Å²) in [6.45, 7) is 3.05. The van der Waals surface area contributed by atoms with Crippen LogP contribution in [0.1, 0.15) is 22.8 Å². The minimum atomic E-state index is -4.09. The Hall–Kier alpha value is -1.94. The maximum absolute atomic E-state index is 13.0. The third kappa shape index (κ3) is 2.80. The van der Waals surface area contributed by atoms with Crippen molar-refractivity contribution >= 4 is 42.4 Å². The summed E-state index contributed by atoms with van der Waals surface area (Å²) >= 11 is -3.18. The van der Waals surface area contributed by atoms with Gasteiger partial charge in [0.2, 0.25) is 0 Å². The van der Waals surface area contributed by atoms with Crippen LogP contribution in [0.15, 0.2) is 53.4 Å². The van der Waals surface area contributed by atoms with E-state index in [2.05, 4.69) is 0 Å². The van der Waals surface area contributed by atoms with Crippen LogP contribution in [0.2, 0.25) is 0 Å². The Morgan fingerprint density at radius 1 is 1.08 bits per heavy atom. The molecule has 0 bridgehead atoms. The molecule has 126 valence electrons. The molecule has 2 aromatic rings. The first-order chi connectivity index (χ1) is 11.3. The third-order valence-electron chi connectivity index (χ3n) is 3.29. The molecule has 8 heteroatoms. The number of nitrogens with zero attached hydrogens (tertiary/aromatic N) is 1. The molecule has 0 aliphatic carbocycles. The number of hydrogen-bond acceptors (Lipinski definition) is 5. The minimum absolute atomic E-state index is 0.00343. The van der Waals surface area contributed by atoms with E-state index in [-0.39, 0.29) is 10.5 Å². The fraction of sp³-hybridized carbons (Fsp3) is 0.125. The zero-order valence-electron chi connectivity index (χ0n) is 12.9. The molecule has 0 N–H and O–H groups in total. The van der Waals surface area contributed by atoms with Crippen LogP contribution in [-0.2, 0) is 17.9 Å². The second-order valence-corrected chi connectivity index (χ2v) is 11.4. The van der Waals surface area contributed by atoms with Crippen molar-refractivity contribution in [2.75, 3.05) is 0 Å². The maximum atomic E-state index is 13.0. The molecule has 2 aromatic carbocycles. The summed E-state index contributed by atoms with van der Waals surface area (Å²) in [5.41, 5.74) is 1.18. The molecule has 0 atom stereocenters. The van der Waals surface area contributed by atoms with Crippen LogP contribution >= 0.6 is 20.5 Å². The second-order valence-electron chi connectivity index (χ2n) is 5.12. The molecule has 1 heterocycles. The zero-order chi connectivity index (χ0) is 17.5. The molecule has 1 aliphatic rings. The average Bonchev–Trinajstić information content (AvgIpc) is 2.81. The van der Waals surface area contributed by atoms with E-state index in [0.717, 1.165) is 8.08 Å². The molecule has 24 heavy (non-hydrogen) atoms. The standard InChI is InChI=1S/C16H14INO5S/c1-11-7-9-13(10-8-11)24(21,22)18-16(20)14-5-3-4-6-15(14)17(18)23-12(2)19/h3-10H,1-2H3. The summed E-state index contributed by atoms with van der Waals surface area (Å²) in [7, 11) is -4.09. The Bertz CT molecular complexity index is 924. The Balaban J connectivity index is 2.13. The van der Waals surface area contributed by atoms with Gasteiger partial charge in [0.05, 0.1) is 0 Å². The van der Waals surface area contributed by atoms with Crippen molar-refractivity contribution in [1.29, 1.82) is 0 Å². The number of halogens is 1. The van der Waals surface area contributed by atoms with Gasteiger partial charge in [-0.15, -0.1) is 0 Å². The summed E-state index contributed by atoms with van der Waals surface area (Å²) < 4.78 is 32.5. The molecule has 0 aromatic heterocycles. The monoisotopic (exact) mass is 459 g/mol. The Morgan fingerprint density at radius 2 is 1.71 bits per heavy atom. The van der Waals surface area contributed by atoms with Crippen LogP contribution in [0.5, 0.6) is 0 Å². The van der Waals surface area contributed by atoms with Gasteiger partial charge in [-0.3, -0.25) is 0 Å². The Morgan fingerprint density at radius 3 is 2.33 bits per heavy atom. The summed E-state index contributed by atoms with van der Waals surface area (Å²) in [6, 6.07) is 12.8. The van der Waals surface area contributed by atoms with E-state index in [1.165, 1.54) is 19.1 Å². The van der Waals surface area contributed by atoms with Crippen molar-refractivity contribution in [3.8, 4) is 0 Å². The van der Waals surface area contributed by atoms with Crippen LogP contribution in [0.3, 0.4) is 0 Å². The van der Waals surface area contributed by atoms with Gasteiger partial charge in [0.25, 0.3) is 0 Å². The molecule has 0 saturated heterocycles. The van der Waals surface area contributed by atoms with Gasteiger partial charge in [-0.1, -0.05) is 0 Å². The zero-order valence-corrected chi connectivity index (χ0v) is 15.9. The fourth-order valence-corrected chi connectivity index (χ4v) is 9.68. The average molecular weight is 459 g/mol. The molecular formula is C16H14INO5S. The van der Waals surface area contributed by atoms with Crippen LogP contribution < -0.4 is 0 Å². The summed E-state index contributed by atoms with van der Waals surface area (Å²) in [4.78, 5) is 24.1. The molecule has 0 spiro atoms. The number of carbonyl (C=O) groups is 2. The van der Waals surface area contributed by atoms with Gasteiger partial charge in [0, 0.05) is 0 Å². The van der Waals surface area contributed by atoms with Gasteiger partial charge in [-0.25, -0.2) is 0 Å². The molecule has 1 amide bonds. The van der Waals surface area contributed by atoms with Crippen molar-refractivity contribution in [2.24, 2.45) is 0 Å². The molecule has 3 rings (SSSR count). The number of carbonyl (C=O) groups excluding carboxylic acids is 2. The molecular weight excluding hydrogens is 445 g/mol. The van der Waals surface area contributed by atoms with E-state index < -0.39 is 42.4 Å². The Kier molecular flexibility index (Phi) is 4.35. The molecule has 0 unspecified atom stereocenters. The molecule has 0 saturated carbocycles. The van der Waals surface area contributed by atoms with E-state index in [1.807, 2.05) is 6.92 Å². The van der Waals surface area contributed by atoms with E-state index >= 15 is 0 Å². The van der Waals surface area contributed by atoms with Gasteiger partial charge in [-0.2, -0.15) is 0 Å². The van der Waals surface area contributed by atoms with Crippen molar-refractivity contribution < 1.29 is 21.1 Å². The fourth-order valence-electron chi connectivity index (χ4n) is 2.19. The van der Waals surface area contributed by atoms with Crippen LogP contribution in [0.4, 0.5) is 0 Å². The van der Waals surface area contributed by atoms with Crippen LogP contribution in [0, 0.1) is 10.5 Å². The van der Waals surface area contributed by atoms with Crippen molar-refractivity contribution in [3.05, 3.63) is 63.2 Å². The van der Waals surface area contributed by atoms with Gasteiger partial charge in [0.15, 0.2) is 0 Å². The number of benzene rings is 2. The predicted molar refractivity (Wildman–Crippen MR) is 95.5 cm³/mol. The number of hydrogen-bond donors (Lipinski definition) is 0. The number of amides is 1. The van der Waals surface area contributed by atoms with Gasteiger partial charge >= 0.3 is 148 Å². The summed E-state index contributed by atoms with van der Waals surface area (Å²) in [5, 5.41) is 0. The summed E-state index contributed by atoms with van der Waals surface area (Å²) in [6.07, 6.45) is 0. The van der Waals surface area contributed by atoms with Crippen LogP contribution in [0.25, 0.3) is 0 Å². The van der Waals surface area contributed by atoms with Crippen molar-refractivity contribution in [1.82, 2.24) is 2.52 Å². The summed E-state index contributed by atoms with van der Waals surface area (Å²) in [5.74, 6) is -1.24. The van der Waals surface area contributed by atoms with E-state index in [4.69, 9.17) is 3.07 Å². The van der Waals surface area contributed by atoms with Gasteiger partial charge in [-0.05, 0) is 0 Å². The van der Waals surface area contributed by atoms with Crippen molar-refractivity contribution in [2.45, 2.75) is 18.7 Å². The first kappa shape index (κ1) is 16.9. The number of sulfonamides is 1. The normalized spacial score (nSPS) is 15.3. The van der Waals surface area contributed by atoms with E-state index in [0.29, 0.717) is 3.57 Å². The number of aryl methyl sites for hydroxylation is 1. The first-order valence-electron chi connectivity index (χ1n) is 6.97. The molecule has 6 nitrogen and oxygen atoms in total. The second kappa shape index (κ2) is 6.17. The number of rotatable bonds is 3. The SMILES string of the molecule is CC(=O)OI1c2ccccc2C(=O)N1S(=O)(=O)c1ccc(C)cc1. The predicted octanol–water partition coefficient (Wildman–Crippen LogP) is 2.91. The van der Waals surface area contributed by atoms with E-state index in [9.17, 15) is 18.0 Å². The number of fused-ring (bicyclic) bond motifs is 1. The topological polar surface area (TPSA) is 80.8 Å². The van der Waals surface area contributed by atoms with Crippen molar-refractivity contribution in [3.63, 3.8) is 0 Å². The quantitative estimate of drug-likeness (QED) is 0.521. The van der Waals surface area contributed by atoms with Gasteiger partial charge < -0.3 is 0 Å². The third-order valence-corrected chi connectivity index (χ3v) is 11.3. The first-order valence-corrected chi connectivity index (χ1v) is 11.3.